The van der Waals surface area contributed by atoms with Gasteiger partial charge in [-0.3, -0.25) is 14.2 Å². The molecule has 1 aromatic rings. The monoisotopic (exact) mass is 295 g/mol. The van der Waals surface area contributed by atoms with Gasteiger partial charge in [-0.15, -0.1) is 0 Å². The Morgan fingerprint density at radius 2 is 2.10 bits per heavy atom. The van der Waals surface area contributed by atoms with Gasteiger partial charge in [0.05, 0.1) is 5.92 Å². The van der Waals surface area contributed by atoms with E-state index in [-0.39, 0.29) is 18.5 Å². The Hall–Kier alpha value is -2.18. The van der Waals surface area contributed by atoms with Crippen molar-refractivity contribution in [3.8, 4) is 0 Å². The van der Waals surface area contributed by atoms with Gasteiger partial charge in [0.2, 0.25) is 5.91 Å². The molecule has 1 rings (SSSR count). The summed E-state index contributed by atoms with van der Waals surface area (Å²) in [5, 5.41) is 11.7. The van der Waals surface area contributed by atoms with Gasteiger partial charge in [-0.25, -0.2) is 9.78 Å². The molecular weight excluding hydrogens is 274 g/mol. The van der Waals surface area contributed by atoms with Crippen molar-refractivity contribution in [1.29, 1.82) is 0 Å². The molecule has 1 amide bonds. The molecule has 0 aliphatic heterocycles. The predicted octanol–water partition coefficient (Wildman–Crippen LogP) is 0.497. The van der Waals surface area contributed by atoms with E-state index >= 15 is 0 Å². The first-order chi connectivity index (χ1) is 9.69. The largest absolute Gasteiger partial charge is 0.481 e. The highest BCUT2D eigenvalue weighted by Crippen LogP contribution is 2.24. The lowest BCUT2D eigenvalue weighted by Gasteiger charge is -2.23. The van der Waals surface area contributed by atoms with Crippen LogP contribution >= 0.6 is 0 Å². The van der Waals surface area contributed by atoms with Gasteiger partial charge in [0.1, 0.15) is 6.54 Å². The molecule has 1 unspecified atom stereocenters. The van der Waals surface area contributed by atoms with Crippen LogP contribution in [0.3, 0.4) is 0 Å². The third-order valence-electron chi connectivity index (χ3n) is 2.85. The molecule has 116 valence electrons. The molecule has 1 aromatic heterocycles. The number of nitrogens with zero attached hydrogens (tertiary/aromatic N) is 2. The average Bonchev–Trinajstić information content (AvgIpc) is 2.35. The molecule has 0 saturated carbocycles. The summed E-state index contributed by atoms with van der Waals surface area (Å²) in [4.78, 5) is 37.9. The number of nitrogens with one attached hydrogen (secondary N) is 1. The van der Waals surface area contributed by atoms with E-state index in [1.807, 2.05) is 20.8 Å². The highest BCUT2D eigenvalue weighted by molar-refractivity contribution is 5.77. The quantitative estimate of drug-likeness (QED) is 0.795. The summed E-state index contributed by atoms with van der Waals surface area (Å²) in [7, 11) is 0. The Morgan fingerprint density at radius 1 is 1.43 bits per heavy atom. The number of carboxylic acid groups (broad SMARTS) is 1. The maximum Gasteiger partial charge on any atom is 0.347 e. The van der Waals surface area contributed by atoms with Crippen molar-refractivity contribution >= 4 is 11.9 Å². The van der Waals surface area contributed by atoms with Crippen molar-refractivity contribution in [3.63, 3.8) is 0 Å². The van der Waals surface area contributed by atoms with Crippen molar-refractivity contribution < 1.29 is 14.7 Å². The van der Waals surface area contributed by atoms with Crippen LogP contribution in [0.5, 0.6) is 0 Å². The third kappa shape index (κ3) is 6.20. The standard InChI is InChI=1S/C14H21N3O4/c1-14(2,3)7-10(12(19)20)8-16-11(18)9-17-6-4-5-15-13(17)21/h4-6,10H,7-9H2,1-3H3,(H,16,18)(H,19,20). The fourth-order valence-electron chi connectivity index (χ4n) is 1.94. The predicted molar refractivity (Wildman–Crippen MR) is 76.7 cm³/mol. The molecule has 0 aliphatic carbocycles. The summed E-state index contributed by atoms with van der Waals surface area (Å²) in [6.07, 6.45) is 3.26. The van der Waals surface area contributed by atoms with E-state index in [0.717, 1.165) is 4.57 Å². The summed E-state index contributed by atoms with van der Waals surface area (Å²) in [5.41, 5.74) is -0.661. The fourth-order valence-corrected chi connectivity index (χ4v) is 1.94. The highest BCUT2D eigenvalue weighted by atomic mass is 16.4. The summed E-state index contributed by atoms with van der Waals surface area (Å²) in [6.45, 7) is 5.70. The van der Waals surface area contributed by atoms with Crippen LogP contribution < -0.4 is 11.0 Å². The van der Waals surface area contributed by atoms with Gasteiger partial charge in [-0.2, -0.15) is 0 Å². The second-order valence-electron chi connectivity index (χ2n) is 6.13. The normalized spacial score (nSPS) is 12.7. The number of hydrogen-bond donors (Lipinski definition) is 2. The number of carbonyl (C=O) groups is 2. The molecule has 0 aromatic carbocycles. The Balaban J connectivity index is 2.56. The zero-order chi connectivity index (χ0) is 16.0. The maximum absolute atomic E-state index is 11.8. The fraction of sp³-hybridized carbons (Fsp3) is 0.571. The summed E-state index contributed by atoms with van der Waals surface area (Å²) in [5.74, 6) is -2.01. The van der Waals surface area contributed by atoms with E-state index in [4.69, 9.17) is 5.11 Å². The number of aromatic nitrogens is 2. The molecule has 1 heterocycles. The first-order valence-electron chi connectivity index (χ1n) is 6.70. The number of carbonyl (C=O) groups excluding carboxylic acids is 1. The molecule has 0 fully saturated rings. The van der Waals surface area contributed by atoms with Crippen LogP contribution in [0.25, 0.3) is 0 Å². The topological polar surface area (TPSA) is 101 Å². The van der Waals surface area contributed by atoms with Crippen LogP contribution in [-0.2, 0) is 16.1 Å². The van der Waals surface area contributed by atoms with Crippen molar-refractivity contribution in [2.45, 2.75) is 33.7 Å². The minimum absolute atomic E-state index is 0.0421. The number of rotatable bonds is 6. The number of aliphatic carboxylic acids is 1. The van der Waals surface area contributed by atoms with Crippen molar-refractivity contribution in [2.75, 3.05) is 6.54 Å². The Labute approximate surface area is 123 Å². The first-order valence-corrected chi connectivity index (χ1v) is 6.70. The van der Waals surface area contributed by atoms with E-state index in [1.54, 1.807) is 6.07 Å². The van der Waals surface area contributed by atoms with Crippen LogP contribution in [0.1, 0.15) is 27.2 Å². The van der Waals surface area contributed by atoms with Gasteiger partial charge in [0.25, 0.3) is 0 Å². The minimum Gasteiger partial charge on any atom is -0.481 e. The molecule has 1 atom stereocenters. The zero-order valence-electron chi connectivity index (χ0n) is 12.5. The highest BCUT2D eigenvalue weighted by Gasteiger charge is 2.24. The second-order valence-corrected chi connectivity index (χ2v) is 6.13. The molecule has 21 heavy (non-hydrogen) atoms. The SMILES string of the molecule is CC(C)(C)CC(CNC(=O)Cn1cccnc1=O)C(=O)O. The van der Waals surface area contributed by atoms with Gasteiger partial charge in [0, 0.05) is 18.9 Å². The number of hydrogen-bond acceptors (Lipinski definition) is 4. The lowest BCUT2D eigenvalue weighted by molar-refractivity contribution is -0.142. The lowest BCUT2D eigenvalue weighted by atomic mass is 9.84. The summed E-state index contributed by atoms with van der Waals surface area (Å²) >= 11 is 0. The van der Waals surface area contributed by atoms with Crippen molar-refractivity contribution in [2.24, 2.45) is 11.3 Å². The van der Waals surface area contributed by atoms with Gasteiger partial charge in [0.15, 0.2) is 0 Å². The smallest absolute Gasteiger partial charge is 0.347 e. The maximum atomic E-state index is 11.8. The van der Waals surface area contributed by atoms with E-state index in [0.29, 0.717) is 6.42 Å². The molecule has 0 bridgehead atoms. The van der Waals surface area contributed by atoms with E-state index in [2.05, 4.69) is 10.3 Å². The van der Waals surface area contributed by atoms with E-state index < -0.39 is 23.5 Å². The zero-order valence-corrected chi connectivity index (χ0v) is 12.5. The molecule has 0 spiro atoms. The van der Waals surface area contributed by atoms with Gasteiger partial charge in [-0.1, -0.05) is 20.8 Å². The average molecular weight is 295 g/mol. The van der Waals surface area contributed by atoms with E-state index in [1.165, 1.54) is 12.4 Å². The Kier molecular flexibility index (Phi) is 5.63. The van der Waals surface area contributed by atoms with Crippen molar-refractivity contribution in [3.05, 3.63) is 28.9 Å². The minimum atomic E-state index is -0.941. The molecule has 2 N–H and O–H groups in total. The molecule has 0 saturated heterocycles. The summed E-state index contributed by atoms with van der Waals surface area (Å²) in [6, 6.07) is 1.55. The van der Waals surface area contributed by atoms with Crippen LogP contribution in [-0.4, -0.2) is 33.1 Å². The molecule has 0 radical (unpaired) electrons. The van der Waals surface area contributed by atoms with Gasteiger partial charge < -0.3 is 10.4 Å². The third-order valence-corrected chi connectivity index (χ3v) is 2.85. The molecule has 0 aliphatic rings. The Bertz CT molecular complexity index is 560. The van der Waals surface area contributed by atoms with Crippen LogP contribution in [0.4, 0.5) is 0 Å². The van der Waals surface area contributed by atoms with E-state index in [9.17, 15) is 14.4 Å². The first kappa shape index (κ1) is 16.9. The second kappa shape index (κ2) is 7.01. The number of amides is 1. The van der Waals surface area contributed by atoms with Crippen LogP contribution in [0.2, 0.25) is 0 Å². The van der Waals surface area contributed by atoms with Gasteiger partial charge >= 0.3 is 11.7 Å². The number of carboxylic acids is 1. The molecule has 7 heteroatoms. The molecule has 7 nitrogen and oxygen atoms in total. The Morgan fingerprint density at radius 3 is 2.62 bits per heavy atom. The summed E-state index contributed by atoms with van der Waals surface area (Å²) < 4.78 is 1.16. The van der Waals surface area contributed by atoms with Gasteiger partial charge in [-0.05, 0) is 17.9 Å². The van der Waals surface area contributed by atoms with Crippen molar-refractivity contribution in [1.82, 2.24) is 14.9 Å². The molecular formula is C14H21N3O4. The van der Waals surface area contributed by atoms with Crippen LogP contribution in [0.15, 0.2) is 23.3 Å². The lowest BCUT2D eigenvalue weighted by Crippen LogP contribution is -2.38. The van der Waals surface area contributed by atoms with Crippen LogP contribution in [0, 0.1) is 11.3 Å².